The number of fused-ring (bicyclic) bond motifs is 1. The molecule has 0 amide bonds. The minimum Gasteiger partial charge on any atom is -0.489 e. The summed E-state index contributed by atoms with van der Waals surface area (Å²) in [4.78, 5) is 12.7. The lowest BCUT2D eigenvalue weighted by Gasteiger charge is -2.19. The standard InChI is InChI=1S/C27H24O6S/c1-20-14-16-24(17-15-20)34(29,30)32-19-23(33-27(28)22-9-3-2-4-10-22)18-31-26-13-7-11-21-8-5-6-12-25(21)26/h2-17,23H,18-19H2,1H3/t23-/m1/s1. The van der Waals surface area contributed by atoms with E-state index >= 15 is 0 Å². The molecule has 0 fully saturated rings. The van der Waals surface area contributed by atoms with Gasteiger partial charge in [0.05, 0.1) is 10.5 Å². The summed E-state index contributed by atoms with van der Waals surface area (Å²) in [6.45, 7) is 1.39. The predicted octanol–water partition coefficient (Wildman–Crippen LogP) is 5.16. The van der Waals surface area contributed by atoms with Gasteiger partial charge in [-0.15, -0.1) is 0 Å². The Bertz CT molecular complexity index is 1360. The van der Waals surface area contributed by atoms with E-state index < -0.39 is 22.2 Å². The minimum atomic E-state index is -4.04. The Morgan fingerprint density at radius 1 is 0.794 bits per heavy atom. The lowest BCUT2D eigenvalue weighted by atomic mass is 10.1. The van der Waals surface area contributed by atoms with Gasteiger partial charge >= 0.3 is 5.97 Å². The van der Waals surface area contributed by atoms with Crippen LogP contribution < -0.4 is 4.74 Å². The molecule has 0 bridgehead atoms. The Labute approximate surface area is 198 Å². The van der Waals surface area contributed by atoms with Crippen LogP contribution in [0.3, 0.4) is 0 Å². The van der Waals surface area contributed by atoms with Gasteiger partial charge in [-0.1, -0.05) is 72.3 Å². The first-order valence-corrected chi connectivity index (χ1v) is 12.2. The number of ether oxygens (including phenoxy) is 2. The number of carbonyl (C=O) groups is 1. The van der Waals surface area contributed by atoms with E-state index in [4.69, 9.17) is 13.7 Å². The van der Waals surface area contributed by atoms with Crippen molar-refractivity contribution in [1.82, 2.24) is 0 Å². The van der Waals surface area contributed by atoms with Crippen LogP contribution in [0, 0.1) is 6.92 Å². The average Bonchev–Trinajstić information content (AvgIpc) is 2.86. The summed E-state index contributed by atoms with van der Waals surface area (Å²) in [5.41, 5.74) is 1.27. The third-order valence-corrected chi connectivity index (χ3v) is 6.47. The molecule has 0 aliphatic rings. The molecule has 4 aromatic rings. The number of hydrogen-bond donors (Lipinski definition) is 0. The topological polar surface area (TPSA) is 78.9 Å². The van der Waals surface area contributed by atoms with E-state index in [1.807, 2.05) is 49.4 Å². The number of hydrogen-bond acceptors (Lipinski definition) is 6. The molecular weight excluding hydrogens is 452 g/mol. The molecule has 174 valence electrons. The van der Waals surface area contributed by atoms with Crippen LogP contribution in [0.25, 0.3) is 10.8 Å². The van der Waals surface area contributed by atoms with E-state index in [1.54, 1.807) is 42.5 Å². The Balaban J connectivity index is 1.51. The summed E-state index contributed by atoms with van der Waals surface area (Å²) in [5, 5.41) is 1.89. The van der Waals surface area contributed by atoms with E-state index in [9.17, 15) is 13.2 Å². The number of aryl methyl sites for hydroxylation is 1. The van der Waals surface area contributed by atoms with Crippen LogP contribution in [0.5, 0.6) is 5.75 Å². The molecule has 0 heterocycles. The van der Waals surface area contributed by atoms with Gasteiger partial charge in [-0.05, 0) is 42.6 Å². The first-order chi connectivity index (χ1) is 16.4. The number of rotatable bonds is 9. The molecule has 4 aromatic carbocycles. The summed E-state index contributed by atoms with van der Waals surface area (Å²) in [6, 6.07) is 28.1. The lowest BCUT2D eigenvalue weighted by Crippen LogP contribution is -2.31. The van der Waals surface area contributed by atoms with Crippen LogP contribution in [0.1, 0.15) is 15.9 Å². The molecule has 0 N–H and O–H groups in total. The monoisotopic (exact) mass is 476 g/mol. The molecular formula is C27H24O6S. The highest BCUT2D eigenvalue weighted by atomic mass is 32.2. The minimum absolute atomic E-state index is 0.0289. The molecule has 0 spiro atoms. The van der Waals surface area contributed by atoms with E-state index in [1.165, 1.54) is 12.1 Å². The zero-order chi connectivity index (χ0) is 24.0. The highest BCUT2D eigenvalue weighted by Gasteiger charge is 2.23. The summed E-state index contributed by atoms with van der Waals surface area (Å²) < 4.78 is 42.1. The molecule has 0 aliphatic carbocycles. The molecule has 0 unspecified atom stereocenters. The van der Waals surface area contributed by atoms with Crippen molar-refractivity contribution >= 4 is 26.9 Å². The molecule has 0 aliphatic heterocycles. The Hall–Kier alpha value is -3.68. The third kappa shape index (κ3) is 5.81. The van der Waals surface area contributed by atoms with Crippen molar-refractivity contribution in [1.29, 1.82) is 0 Å². The molecule has 34 heavy (non-hydrogen) atoms. The van der Waals surface area contributed by atoms with Crippen LogP contribution >= 0.6 is 0 Å². The van der Waals surface area contributed by atoms with Crippen LogP contribution in [0.15, 0.2) is 102 Å². The first-order valence-electron chi connectivity index (χ1n) is 10.7. The van der Waals surface area contributed by atoms with Crippen molar-refractivity contribution in [3.8, 4) is 5.75 Å². The van der Waals surface area contributed by atoms with Crippen LogP contribution in [-0.2, 0) is 19.0 Å². The van der Waals surface area contributed by atoms with Crippen molar-refractivity contribution in [2.75, 3.05) is 13.2 Å². The van der Waals surface area contributed by atoms with Crippen molar-refractivity contribution < 1.29 is 26.9 Å². The lowest BCUT2D eigenvalue weighted by molar-refractivity contribution is 0.00351. The number of carbonyl (C=O) groups excluding carboxylic acids is 1. The third-order valence-electron chi connectivity index (χ3n) is 5.18. The second kappa shape index (κ2) is 10.5. The van der Waals surface area contributed by atoms with Crippen molar-refractivity contribution in [2.24, 2.45) is 0 Å². The zero-order valence-electron chi connectivity index (χ0n) is 18.6. The highest BCUT2D eigenvalue weighted by Crippen LogP contribution is 2.25. The van der Waals surface area contributed by atoms with Gasteiger partial charge in [0.25, 0.3) is 10.1 Å². The van der Waals surface area contributed by atoms with Gasteiger partial charge in [0, 0.05) is 5.39 Å². The maximum Gasteiger partial charge on any atom is 0.338 e. The van der Waals surface area contributed by atoms with Gasteiger partial charge in [-0.3, -0.25) is 4.18 Å². The summed E-state index contributed by atoms with van der Waals surface area (Å²) >= 11 is 0. The van der Waals surface area contributed by atoms with Gasteiger partial charge in [0.15, 0.2) is 6.10 Å². The SMILES string of the molecule is Cc1ccc(S(=O)(=O)OC[C@@H](COc2cccc3ccccc23)OC(=O)c2ccccc2)cc1. The van der Waals surface area contributed by atoms with Gasteiger partial charge in [0.2, 0.25) is 0 Å². The molecule has 1 atom stereocenters. The summed E-state index contributed by atoms with van der Waals surface area (Å²) in [6.07, 6.45) is -0.966. The molecule has 6 nitrogen and oxygen atoms in total. The van der Waals surface area contributed by atoms with Crippen molar-refractivity contribution in [3.63, 3.8) is 0 Å². The van der Waals surface area contributed by atoms with Crippen LogP contribution in [-0.4, -0.2) is 33.7 Å². The van der Waals surface area contributed by atoms with Gasteiger partial charge in [-0.2, -0.15) is 8.42 Å². The van der Waals surface area contributed by atoms with Gasteiger partial charge < -0.3 is 9.47 Å². The average molecular weight is 477 g/mol. The Morgan fingerprint density at radius 2 is 1.47 bits per heavy atom. The second-order valence-electron chi connectivity index (χ2n) is 7.73. The normalized spacial score (nSPS) is 12.3. The van der Waals surface area contributed by atoms with Crippen molar-refractivity contribution in [2.45, 2.75) is 17.9 Å². The summed E-state index contributed by atoms with van der Waals surface area (Å²) in [7, 11) is -4.04. The number of esters is 1. The first kappa shape index (κ1) is 23.5. The van der Waals surface area contributed by atoms with Crippen LogP contribution in [0.4, 0.5) is 0 Å². The van der Waals surface area contributed by atoms with E-state index in [2.05, 4.69) is 0 Å². The van der Waals surface area contributed by atoms with E-state index in [-0.39, 0.29) is 18.1 Å². The molecule has 7 heteroatoms. The number of benzene rings is 4. The second-order valence-corrected chi connectivity index (χ2v) is 9.35. The predicted molar refractivity (Wildman–Crippen MR) is 129 cm³/mol. The Kier molecular flexibility index (Phi) is 7.25. The maximum absolute atomic E-state index is 12.6. The van der Waals surface area contributed by atoms with Gasteiger partial charge in [-0.25, -0.2) is 4.79 Å². The molecule has 0 saturated heterocycles. The van der Waals surface area contributed by atoms with E-state index in [0.29, 0.717) is 11.3 Å². The quantitative estimate of drug-likeness (QED) is 0.245. The fraction of sp³-hybridized carbons (Fsp3) is 0.148. The zero-order valence-corrected chi connectivity index (χ0v) is 19.4. The van der Waals surface area contributed by atoms with E-state index in [0.717, 1.165) is 16.3 Å². The Morgan fingerprint density at radius 3 is 2.24 bits per heavy atom. The van der Waals surface area contributed by atoms with Crippen LogP contribution in [0.2, 0.25) is 0 Å². The fourth-order valence-corrected chi connectivity index (χ4v) is 4.29. The smallest absolute Gasteiger partial charge is 0.338 e. The summed E-state index contributed by atoms with van der Waals surface area (Å²) in [5.74, 6) is 0.00343. The molecule has 4 rings (SSSR count). The largest absolute Gasteiger partial charge is 0.489 e. The van der Waals surface area contributed by atoms with Gasteiger partial charge in [0.1, 0.15) is 19.0 Å². The molecule has 0 aromatic heterocycles. The molecule has 0 radical (unpaired) electrons. The highest BCUT2D eigenvalue weighted by molar-refractivity contribution is 7.86. The fourth-order valence-electron chi connectivity index (χ4n) is 3.35. The maximum atomic E-state index is 12.6. The molecule has 0 saturated carbocycles. The van der Waals surface area contributed by atoms with Crippen molar-refractivity contribution in [3.05, 3.63) is 108 Å².